The summed E-state index contributed by atoms with van der Waals surface area (Å²) in [6, 6.07) is 9.72. The number of hydrogen-bond acceptors (Lipinski definition) is 7. The second kappa shape index (κ2) is 8.38. The topological polar surface area (TPSA) is 92.2 Å². The molecule has 0 saturated carbocycles. The van der Waals surface area contributed by atoms with E-state index in [1.54, 1.807) is 11.8 Å². The summed E-state index contributed by atoms with van der Waals surface area (Å²) < 4.78 is 3.91. The van der Waals surface area contributed by atoms with E-state index in [0.29, 0.717) is 48.1 Å². The van der Waals surface area contributed by atoms with Crippen LogP contribution in [0, 0.1) is 13.8 Å². The molecule has 32 heavy (non-hydrogen) atoms. The summed E-state index contributed by atoms with van der Waals surface area (Å²) in [6.45, 7) is 4.89. The van der Waals surface area contributed by atoms with Gasteiger partial charge in [0.1, 0.15) is 10.7 Å². The van der Waals surface area contributed by atoms with Crippen LogP contribution in [-0.2, 0) is 17.8 Å². The maximum Gasteiger partial charge on any atom is 0.268 e. The second-order valence-corrected chi connectivity index (χ2v) is 9.03. The number of nitrogens with zero attached hydrogens (tertiary/aromatic N) is 6. The molecule has 0 bridgehead atoms. The number of anilines is 1. The lowest BCUT2D eigenvalue weighted by atomic mass is 10.0. The summed E-state index contributed by atoms with van der Waals surface area (Å²) in [5.41, 5.74) is 3.60. The number of hydrogen-bond donors (Lipinski definition) is 0. The Hall–Kier alpha value is -3.20. The Bertz CT molecular complexity index is 1180. The van der Waals surface area contributed by atoms with Gasteiger partial charge in [0.15, 0.2) is 5.82 Å². The maximum absolute atomic E-state index is 13.2. The highest BCUT2D eigenvalue weighted by Crippen LogP contribution is 2.36. The van der Waals surface area contributed by atoms with Gasteiger partial charge in [-0.1, -0.05) is 34.8 Å². The first kappa shape index (κ1) is 20.7. The first-order valence-corrected chi connectivity index (χ1v) is 11.6. The molecule has 2 aromatic heterocycles. The third-order valence-corrected chi connectivity index (χ3v) is 7.01. The number of carbonyl (C=O) groups excluding carboxylic acids is 2. The molecule has 4 heterocycles. The van der Waals surface area contributed by atoms with Gasteiger partial charge in [-0.3, -0.25) is 14.5 Å². The van der Waals surface area contributed by atoms with Gasteiger partial charge in [0, 0.05) is 24.2 Å². The maximum atomic E-state index is 13.2. The average Bonchev–Trinajstić information content (AvgIpc) is 3.45. The molecule has 1 saturated heterocycles. The molecule has 8 nitrogen and oxygen atoms in total. The van der Waals surface area contributed by atoms with E-state index < -0.39 is 0 Å². The highest BCUT2D eigenvalue weighted by molar-refractivity contribution is 7.07. The normalized spacial score (nSPS) is 18.2. The van der Waals surface area contributed by atoms with Gasteiger partial charge in [-0.25, -0.2) is 9.97 Å². The molecule has 3 aromatic rings. The van der Waals surface area contributed by atoms with Gasteiger partial charge in [-0.05, 0) is 50.2 Å². The van der Waals surface area contributed by atoms with Gasteiger partial charge in [0.05, 0.1) is 18.3 Å². The molecular formula is C23H24N6O2S. The van der Waals surface area contributed by atoms with Crippen molar-refractivity contribution in [2.24, 2.45) is 0 Å². The van der Waals surface area contributed by atoms with Crippen molar-refractivity contribution in [1.29, 1.82) is 0 Å². The molecule has 0 N–H and O–H groups in total. The molecule has 0 unspecified atom stereocenters. The Morgan fingerprint density at radius 2 is 1.94 bits per heavy atom. The zero-order valence-electron chi connectivity index (χ0n) is 18.1. The van der Waals surface area contributed by atoms with Crippen molar-refractivity contribution >= 4 is 29.2 Å². The zero-order chi connectivity index (χ0) is 22.2. The van der Waals surface area contributed by atoms with Gasteiger partial charge < -0.3 is 4.90 Å². The molecule has 2 amide bonds. The van der Waals surface area contributed by atoms with E-state index in [4.69, 9.17) is 9.97 Å². The van der Waals surface area contributed by atoms with Crippen molar-refractivity contribution in [3.05, 3.63) is 63.5 Å². The fourth-order valence-electron chi connectivity index (χ4n) is 4.52. The van der Waals surface area contributed by atoms with Gasteiger partial charge >= 0.3 is 0 Å². The summed E-state index contributed by atoms with van der Waals surface area (Å²) in [7, 11) is 0. The van der Waals surface area contributed by atoms with Gasteiger partial charge in [0.2, 0.25) is 5.91 Å². The minimum Gasteiger partial charge on any atom is -0.328 e. The van der Waals surface area contributed by atoms with E-state index in [1.807, 2.05) is 42.2 Å². The van der Waals surface area contributed by atoms with Crippen molar-refractivity contribution < 1.29 is 9.59 Å². The van der Waals surface area contributed by atoms with E-state index in [1.165, 1.54) is 0 Å². The smallest absolute Gasteiger partial charge is 0.268 e. The Morgan fingerprint density at radius 3 is 2.69 bits per heavy atom. The van der Waals surface area contributed by atoms with E-state index in [0.717, 1.165) is 41.2 Å². The molecule has 0 aliphatic carbocycles. The summed E-state index contributed by atoms with van der Waals surface area (Å²) in [6.07, 6.45) is 2.77. The van der Waals surface area contributed by atoms with Crippen LogP contribution < -0.4 is 4.90 Å². The number of likely N-dealkylation sites (tertiary alicyclic amines) is 1. The number of fused-ring (bicyclic) bond motifs is 1. The number of aryl methyl sites for hydroxylation is 2. The van der Waals surface area contributed by atoms with E-state index in [9.17, 15) is 9.59 Å². The standard InChI is InChI=1S/C23H24N6O2S/c1-14-17-10-11-19(30)29(13-16-7-4-3-5-8-16)22(17)25-21(24-14)18-9-6-12-28(18)23(31)20-15(2)26-27-32-20/h3-5,7-8,18H,6,9-13H2,1-2H3/t18-/m0/s1. The lowest BCUT2D eigenvalue weighted by Crippen LogP contribution is -2.37. The predicted octanol–water partition coefficient (Wildman–Crippen LogP) is 3.40. The van der Waals surface area contributed by atoms with Crippen molar-refractivity contribution in [2.45, 2.75) is 52.1 Å². The van der Waals surface area contributed by atoms with Crippen LogP contribution in [0.4, 0.5) is 5.82 Å². The molecule has 2 aliphatic heterocycles. The van der Waals surface area contributed by atoms with Crippen LogP contribution in [0.1, 0.15) is 63.3 Å². The van der Waals surface area contributed by atoms with E-state index in [2.05, 4.69) is 9.59 Å². The van der Waals surface area contributed by atoms with Crippen LogP contribution in [0.3, 0.4) is 0 Å². The second-order valence-electron chi connectivity index (χ2n) is 8.28. The van der Waals surface area contributed by atoms with Gasteiger partial charge in [-0.2, -0.15) is 0 Å². The minimum atomic E-state index is -0.219. The van der Waals surface area contributed by atoms with Crippen molar-refractivity contribution in [1.82, 2.24) is 24.5 Å². The lowest BCUT2D eigenvalue weighted by Gasteiger charge is -2.31. The van der Waals surface area contributed by atoms with Gasteiger partial charge in [0.25, 0.3) is 5.91 Å². The molecule has 5 rings (SSSR count). The monoisotopic (exact) mass is 448 g/mol. The molecule has 164 valence electrons. The fourth-order valence-corrected chi connectivity index (χ4v) is 5.13. The van der Waals surface area contributed by atoms with Crippen LogP contribution >= 0.6 is 11.5 Å². The first-order valence-electron chi connectivity index (χ1n) is 10.8. The number of carbonyl (C=O) groups is 2. The third-order valence-electron chi connectivity index (χ3n) is 6.20. The summed E-state index contributed by atoms with van der Waals surface area (Å²) in [5, 5.41) is 3.98. The summed E-state index contributed by atoms with van der Waals surface area (Å²) >= 11 is 1.12. The van der Waals surface area contributed by atoms with Gasteiger partial charge in [-0.15, -0.1) is 5.10 Å². The Labute approximate surface area is 190 Å². The largest absolute Gasteiger partial charge is 0.328 e. The quantitative estimate of drug-likeness (QED) is 0.607. The van der Waals surface area contributed by atoms with Crippen molar-refractivity contribution in [3.63, 3.8) is 0 Å². The fraction of sp³-hybridized carbons (Fsp3) is 0.391. The zero-order valence-corrected chi connectivity index (χ0v) is 18.9. The molecule has 0 spiro atoms. The van der Waals surface area contributed by atoms with Crippen molar-refractivity contribution in [2.75, 3.05) is 11.4 Å². The van der Waals surface area contributed by atoms with Crippen LogP contribution in [0.2, 0.25) is 0 Å². The van der Waals surface area contributed by atoms with Crippen LogP contribution in [0.15, 0.2) is 30.3 Å². The third kappa shape index (κ3) is 3.66. The highest BCUT2D eigenvalue weighted by atomic mass is 32.1. The molecule has 9 heteroatoms. The summed E-state index contributed by atoms with van der Waals surface area (Å²) in [4.78, 5) is 39.9. The molecule has 1 atom stereocenters. The molecule has 1 fully saturated rings. The SMILES string of the molecule is Cc1nnsc1C(=O)N1CCC[C@H]1c1nc(C)c2c(n1)N(Cc1ccccc1)C(=O)CC2. The Balaban J connectivity index is 1.51. The Morgan fingerprint density at radius 1 is 1.12 bits per heavy atom. The molecule has 2 aliphatic rings. The highest BCUT2D eigenvalue weighted by Gasteiger charge is 2.36. The number of amides is 2. The Kier molecular flexibility index (Phi) is 5.42. The number of benzene rings is 1. The first-order chi connectivity index (χ1) is 15.5. The van der Waals surface area contributed by atoms with E-state index >= 15 is 0 Å². The van der Waals surface area contributed by atoms with Crippen LogP contribution in [0.25, 0.3) is 0 Å². The number of rotatable bonds is 4. The van der Waals surface area contributed by atoms with E-state index in [-0.39, 0.29) is 17.9 Å². The van der Waals surface area contributed by atoms with Crippen molar-refractivity contribution in [3.8, 4) is 0 Å². The molecule has 0 radical (unpaired) electrons. The average molecular weight is 449 g/mol. The summed E-state index contributed by atoms with van der Waals surface area (Å²) in [5.74, 6) is 1.28. The van der Waals surface area contributed by atoms with Crippen LogP contribution in [-0.4, -0.2) is 42.8 Å². The lowest BCUT2D eigenvalue weighted by molar-refractivity contribution is -0.119. The van der Waals surface area contributed by atoms with Crippen LogP contribution in [0.5, 0.6) is 0 Å². The number of aromatic nitrogens is 4. The molecular weight excluding hydrogens is 424 g/mol. The minimum absolute atomic E-state index is 0.0658. The molecule has 1 aromatic carbocycles. The predicted molar refractivity (Wildman–Crippen MR) is 120 cm³/mol.